The lowest BCUT2D eigenvalue weighted by molar-refractivity contribution is -0.131. The largest absolute Gasteiger partial charge is 0.364 e. The van der Waals surface area contributed by atoms with Gasteiger partial charge in [0.05, 0.1) is 17.8 Å². The van der Waals surface area contributed by atoms with Crippen LogP contribution < -0.4 is 11.1 Å². The molecule has 1 aliphatic heterocycles. The monoisotopic (exact) mass is 472 g/mol. The predicted molar refractivity (Wildman–Crippen MR) is 121 cm³/mol. The molecule has 11 heteroatoms. The number of anilines is 1. The fourth-order valence-corrected chi connectivity index (χ4v) is 4.79. The zero-order valence-electron chi connectivity index (χ0n) is 17.0. The van der Waals surface area contributed by atoms with Gasteiger partial charge in [0.1, 0.15) is 11.4 Å². The molecule has 0 saturated carbocycles. The number of piperidine rings is 1. The number of likely N-dealkylation sites (tertiary alicyclic amines) is 1. The summed E-state index contributed by atoms with van der Waals surface area (Å²) in [4.78, 5) is 49.3. The molecule has 1 aromatic carbocycles. The van der Waals surface area contributed by atoms with E-state index in [2.05, 4.69) is 20.3 Å². The van der Waals surface area contributed by atoms with Crippen molar-refractivity contribution in [1.29, 1.82) is 0 Å². The van der Waals surface area contributed by atoms with Gasteiger partial charge in [0.15, 0.2) is 5.82 Å². The van der Waals surface area contributed by atoms with E-state index in [1.807, 2.05) is 23.1 Å². The van der Waals surface area contributed by atoms with Crippen molar-refractivity contribution < 1.29 is 14.4 Å². The Hall–Kier alpha value is -3.24. The average Bonchev–Trinajstić information content (AvgIpc) is 3.45. The van der Waals surface area contributed by atoms with Crippen LogP contribution in [0.15, 0.2) is 36.0 Å². The Morgan fingerprint density at radius 2 is 2.00 bits per heavy atom. The Morgan fingerprint density at radius 1 is 1.25 bits per heavy atom. The van der Waals surface area contributed by atoms with Gasteiger partial charge in [-0.2, -0.15) is 0 Å². The number of aromatic amines is 1. The topological polar surface area (TPSA) is 134 Å². The van der Waals surface area contributed by atoms with E-state index in [9.17, 15) is 14.4 Å². The van der Waals surface area contributed by atoms with Crippen LogP contribution in [0.5, 0.6) is 0 Å². The lowest BCUT2D eigenvalue weighted by atomic mass is 9.97. The van der Waals surface area contributed by atoms with Crippen LogP contribution in [0.1, 0.15) is 50.3 Å². The summed E-state index contributed by atoms with van der Waals surface area (Å²) in [6, 6.07) is 7.37. The first-order valence-electron chi connectivity index (χ1n) is 10.0. The van der Waals surface area contributed by atoms with Crippen LogP contribution in [-0.2, 0) is 11.2 Å². The van der Waals surface area contributed by atoms with Gasteiger partial charge in [0.25, 0.3) is 11.8 Å². The van der Waals surface area contributed by atoms with E-state index in [0.29, 0.717) is 18.1 Å². The van der Waals surface area contributed by atoms with Crippen LogP contribution in [0, 0.1) is 0 Å². The molecule has 0 bridgehead atoms. The Morgan fingerprint density at radius 3 is 2.72 bits per heavy atom. The number of nitrogens with one attached hydrogen (secondary N) is 2. The summed E-state index contributed by atoms with van der Waals surface area (Å²) in [5.74, 6) is -0.873. The van der Waals surface area contributed by atoms with E-state index < -0.39 is 11.8 Å². The highest BCUT2D eigenvalue weighted by Crippen LogP contribution is 2.31. The van der Waals surface area contributed by atoms with Crippen molar-refractivity contribution in [2.45, 2.75) is 25.2 Å². The SMILES string of the molecule is NC(=O)c1[nH]cnc1NC(=O)c1csc(C2CCN(C(=O)Cc3ccccc3Cl)CC2)n1. The number of amides is 3. The smallest absolute Gasteiger partial charge is 0.276 e. The molecular weight excluding hydrogens is 452 g/mol. The third kappa shape index (κ3) is 4.81. The minimum atomic E-state index is -0.715. The number of hydrogen-bond acceptors (Lipinski definition) is 6. The maximum Gasteiger partial charge on any atom is 0.276 e. The number of nitrogens with zero attached hydrogens (tertiary/aromatic N) is 3. The maximum absolute atomic E-state index is 12.6. The molecule has 4 rings (SSSR count). The summed E-state index contributed by atoms with van der Waals surface area (Å²) in [5, 5.41) is 5.68. The first kappa shape index (κ1) is 22.0. The molecule has 32 heavy (non-hydrogen) atoms. The van der Waals surface area contributed by atoms with Gasteiger partial charge in [-0.1, -0.05) is 29.8 Å². The number of H-pyrrole nitrogens is 1. The molecule has 1 fully saturated rings. The molecule has 166 valence electrons. The molecule has 3 heterocycles. The molecular formula is C21H21ClN6O3S. The first-order chi connectivity index (χ1) is 15.4. The number of carbonyl (C=O) groups excluding carboxylic acids is 3. The van der Waals surface area contributed by atoms with Gasteiger partial charge in [-0.3, -0.25) is 14.4 Å². The number of halogens is 1. The quantitative estimate of drug-likeness (QED) is 0.507. The van der Waals surface area contributed by atoms with Crippen LogP contribution in [-0.4, -0.2) is 50.7 Å². The number of nitrogens with two attached hydrogens (primary N) is 1. The average molecular weight is 473 g/mol. The van der Waals surface area contributed by atoms with Crippen molar-refractivity contribution in [3.8, 4) is 0 Å². The van der Waals surface area contributed by atoms with Crippen molar-refractivity contribution in [2.24, 2.45) is 5.73 Å². The number of primary amides is 1. The van der Waals surface area contributed by atoms with Crippen molar-refractivity contribution in [2.75, 3.05) is 18.4 Å². The van der Waals surface area contributed by atoms with E-state index in [1.165, 1.54) is 17.7 Å². The van der Waals surface area contributed by atoms with E-state index in [0.717, 1.165) is 23.4 Å². The summed E-state index contributed by atoms with van der Waals surface area (Å²) in [5.41, 5.74) is 6.36. The second kappa shape index (κ2) is 9.49. The standard InChI is InChI=1S/C21H21ClN6O3S/c22-14-4-2-1-3-13(14)9-16(29)28-7-5-12(6-8-28)21-26-15(10-32-21)20(31)27-19-17(18(23)30)24-11-25-19/h1-4,10-12H,5-9H2,(H2,23,30)(H,24,25)(H,27,31). The van der Waals surface area contributed by atoms with Gasteiger partial charge >= 0.3 is 0 Å². The number of imidazole rings is 1. The van der Waals surface area contributed by atoms with Crippen LogP contribution >= 0.6 is 22.9 Å². The van der Waals surface area contributed by atoms with Gasteiger partial charge in [-0.25, -0.2) is 9.97 Å². The first-order valence-corrected chi connectivity index (χ1v) is 11.3. The van der Waals surface area contributed by atoms with Crippen LogP contribution in [0.2, 0.25) is 5.02 Å². The van der Waals surface area contributed by atoms with Crippen LogP contribution in [0.3, 0.4) is 0 Å². The normalized spacial score (nSPS) is 14.3. The third-order valence-electron chi connectivity index (χ3n) is 5.37. The molecule has 2 aromatic heterocycles. The Balaban J connectivity index is 1.33. The second-order valence-electron chi connectivity index (χ2n) is 7.44. The van der Waals surface area contributed by atoms with Gasteiger partial charge in [0.2, 0.25) is 5.91 Å². The van der Waals surface area contributed by atoms with Crippen molar-refractivity contribution >= 4 is 46.5 Å². The summed E-state index contributed by atoms with van der Waals surface area (Å²) in [6.07, 6.45) is 3.11. The van der Waals surface area contributed by atoms with Crippen molar-refractivity contribution in [3.05, 3.63) is 63.0 Å². The minimum Gasteiger partial charge on any atom is -0.364 e. The number of thiazole rings is 1. The highest BCUT2D eigenvalue weighted by Gasteiger charge is 2.27. The zero-order valence-corrected chi connectivity index (χ0v) is 18.6. The summed E-state index contributed by atoms with van der Waals surface area (Å²) in [7, 11) is 0. The van der Waals surface area contributed by atoms with E-state index in [1.54, 1.807) is 11.4 Å². The fourth-order valence-electron chi connectivity index (χ4n) is 3.62. The molecule has 0 spiro atoms. The molecule has 1 aliphatic rings. The molecule has 9 nitrogen and oxygen atoms in total. The maximum atomic E-state index is 12.6. The molecule has 0 atom stereocenters. The Labute approximate surface area is 193 Å². The summed E-state index contributed by atoms with van der Waals surface area (Å²) < 4.78 is 0. The Bertz CT molecular complexity index is 1150. The lowest BCUT2D eigenvalue weighted by Gasteiger charge is -2.31. The molecule has 4 N–H and O–H groups in total. The molecule has 0 aliphatic carbocycles. The molecule has 0 radical (unpaired) electrons. The van der Waals surface area contributed by atoms with Crippen molar-refractivity contribution in [1.82, 2.24) is 19.9 Å². The van der Waals surface area contributed by atoms with Gasteiger partial charge in [-0.15, -0.1) is 11.3 Å². The fraction of sp³-hybridized carbons (Fsp3) is 0.286. The van der Waals surface area contributed by atoms with E-state index >= 15 is 0 Å². The number of rotatable bonds is 6. The zero-order chi connectivity index (χ0) is 22.7. The molecule has 1 saturated heterocycles. The molecule has 3 amide bonds. The third-order valence-corrected chi connectivity index (χ3v) is 6.74. The highest BCUT2D eigenvalue weighted by molar-refractivity contribution is 7.10. The van der Waals surface area contributed by atoms with Crippen molar-refractivity contribution in [3.63, 3.8) is 0 Å². The number of hydrogen-bond donors (Lipinski definition) is 3. The summed E-state index contributed by atoms with van der Waals surface area (Å²) in [6.45, 7) is 1.26. The van der Waals surface area contributed by atoms with E-state index in [4.69, 9.17) is 17.3 Å². The van der Waals surface area contributed by atoms with Crippen LogP contribution in [0.4, 0.5) is 5.82 Å². The van der Waals surface area contributed by atoms with Crippen LogP contribution in [0.25, 0.3) is 0 Å². The van der Waals surface area contributed by atoms with E-state index in [-0.39, 0.29) is 35.5 Å². The van der Waals surface area contributed by atoms with Gasteiger partial charge < -0.3 is 20.9 Å². The number of aromatic nitrogens is 3. The number of benzene rings is 1. The number of carbonyl (C=O) groups is 3. The predicted octanol–water partition coefficient (Wildman–Crippen LogP) is 2.82. The van der Waals surface area contributed by atoms with Gasteiger partial charge in [-0.05, 0) is 24.5 Å². The second-order valence-corrected chi connectivity index (χ2v) is 8.74. The minimum absolute atomic E-state index is 0.0302. The lowest BCUT2D eigenvalue weighted by Crippen LogP contribution is -2.38. The van der Waals surface area contributed by atoms with Gasteiger partial charge in [0, 0.05) is 29.4 Å². The molecule has 3 aromatic rings. The highest BCUT2D eigenvalue weighted by atomic mass is 35.5. The molecule has 0 unspecified atom stereocenters. The summed E-state index contributed by atoms with van der Waals surface area (Å²) >= 11 is 7.58. The Kier molecular flexibility index (Phi) is 6.52.